The molecule has 24 heteroatoms. The zero-order valence-corrected chi connectivity index (χ0v) is 65.9. The van der Waals surface area contributed by atoms with Gasteiger partial charge in [-0.2, -0.15) is 0 Å². The molecule has 110 heavy (non-hydrogen) atoms. The van der Waals surface area contributed by atoms with E-state index in [9.17, 15) is 38.4 Å². The highest BCUT2D eigenvalue weighted by Gasteiger charge is 2.41. The fourth-order valence-corrected chi connectivity index (χ4v) is 15.4. The first-order valence-corrected chi connectivity index (χ1v) is 39.1. The maximum atomic E-state index is 13.4. The van der Waals surface area contributed by atoms with Gasteiger partial charge in [-0.05, 0) is 125 Å². The number of ketones is 8. The Morgan fingerprint density at radius 2 is 0.600 bits per heavy atom. The Bertz CT molecular complexity index is 5110. The third-order valence-electron chi connectivity index (χ3n) is 20.6. The number of hydrogen-bond acceptors (Lipinski definition) is 19. The highest BCUT2D eigenvalue weighted by atomic mass is 79.9. The van der Waals surface area contributed by atoms with Crippen LogP contribution in [0.2, 0.25) is 20.1 Å². The van der Waals surface area contributed by atoms with E-state index in [0.717, 1.165) is 106 Å². The SMILES string of the molecule is CCN1CCN(C2=C(Nc3ccc(Cl)c(Cl)c3)C(=O)c3ccccc3C2=O)CC1.CN1CCN(C2=C(Nc3ccc(Br)cc3)C(=O)c3ccccc3C2=O)CC1.CN1CCN(C2=C(Nc3ccc(Cl)c(Cl)c3)C(=O)c3ccccc3C2=O)CC1.Cc1cccc(NC2=C(N3CCCCC3)C(=O)c3ccccc3C2=O)c1. The lowest BCUT2D eigenvalue weighted by Gasteiger charge is -2.38. The van der Waals surface area contributed by atoms with Gasteiger partial charge in [-0.15, -0.1) is 0 Å². The van der Waals surface area contributed by atoms with Crippen molar-refractivity contribution in [2.75, 3.05) is 134 Å². The summed E-state index contributed by atoms with van der Waals surface area (Å²) in [5, 5.41) is 14.4. The molecule has 4 saturated heterocycles. The number of fused-ring (bicyclic) bond motifs is 4. The van der Waals surface area contributed by atoms with E-state index >= 15 is 0 Å². The predicted octanol–water partition coefficient (Wildman–Crippen LogP) is 15.9. The van der Waals surface area contributed by atoms with Gasteiger partial charge in [-0.1, -0.05) is 178 Å². The third kappa shape index (κ3) is 17.1. The molecule has 0 aromatic heterocycles. The monoisotopic (exact) mass is 1620 g/mol. The fourth-order valence-electron chi connectivity index (χ4n) is 14.6. The van der Waals surface area contributed by atoms with Crippen LogP contribution in [0.3, 0.4) is 0 Å². The molecule has 4 aliphatic heterocycles. The number of anilines is 4. The summed E-state index contributed by atoms with van der Waals surface area (Å²) in [5.41, 5.74) is 10.8. The molecule has 0 unspecified atom stereocenters. The van der Waals surface area contributed by atoms with Gasteiger partial charge in [-0.25, -0.2) is 0 Å². The summed E-state index contributed by atoms with van der Waals surface area (Å²) in [6.45, 7) is 16.0. The third-order valence-corrected chi connectivity index (χ3v) is 22.6. The molecule has 8 aliphatic rings. The van der Waals surface area contributed by atoms with Gasteiger partial charge in [0.1, 0.15) is 45.6 Å². The summed E-state index contributed by atoms with van der Waals surface area (Å²) < 4.78 is 0.956. The Hall–Kier alpha value is -10.0. The van der Waals surface area contributed by atoms with Crippen LogP contribution >= 0.6 is 62.3 Å². The topological polar surface area (TPSA) is 207 Å². The van der Waals surface area contributed by atoms with Crippen LogP contribution in [0.5, 0.6) is 0 Å². The molecule has 0 atom stereocenters. The summed E-state index contributed by atoms with van der Waals surface area (Å²) >= 11 is 27.7. The van der Waals surface area contributed by atoms with Gasteiger partial charge >= 0.3 is 0 Å². The lowest BCUT2D eigenvalue weighted by atomic mass is 9.89. The molecule has 4 N–H and O–H groups in total. The number of carbonyl (C=O) groups excluding carboxylic acids is 8. The molecular formula is C86H82BrCl4N11O8. The number of rotatable bonds is 13. The molecule has 4 fully saturated rings. The summed E-state index contributed by atoms with van der Waals surface area (Å²) in [6.07, 6.45) is 3.26. The highest BCUT2D eigenvalue weighted by molar-refractivity contribution is 9.10. The maximum absolute atomic E-state index is 13.4. The number of likely N-dealkylation sites (tertiary alicyclic amines) is 1. The second-order valence-corrected chi connectivity index (χ2v) is 30.4. The molecule has 564 valence electrons. The van der Waals surface area contributed by atoms with Crippen LogP contribution in [0.4, 0.5) is 22.7 Å². The first kappa shape index (κ1) is 78.1. The molecule has 0 amide bonds. The van der Waals surface area contributed by atoms with Crippen LogP contribution in [0.15, 0.2) is 232 Å². The molecule has 0 saturated carbocycles. The number of allylic oxidation sites excluding steroid dienone is 8. The van der Waals surface area contributed by atoms with Crippen LogP contribution in [-0.4, -0.2) is 193 Å². The van der Waals surface area contributed by atoms with Gasteiger partial charge in [0.2, 0.25) is 46.3 Å². The van der Waals surface area contributed by atoms with Crippen LogP contribution in [-0.2, 0) is 0 Å². The average molecular weight is 1620 g/mol. The smallest absolute Gasteiger partial charge is 0.212 e. The van der Waals surface area contributed by atoms with Gasteiger partial charge in [-0.3, -0.25) is 38.4 Å². The number of aryl methyl sites for hydroxylation is 1. The summed E-state index contributed by atoms with van der Waals surface area (Å²) in [5.74, 6) is -1.06. The quantitative estimate of drug-likeness (QED) is 0.0846. The molecule has 0 spiro atoms. The Labute approximate surface area is 668 Å². The van der Waals surface area contributed by atoms with Crippen LogP contribution < -0.4 is 21.3 Å². The number of piperazine rings is 3. The number of hydrogen-bond donors (Lipinski definition) is 4. The van der Waals surface area contributed by atoms with Crippen LogP contribution in [0, 0.1) is 6.92 Å². The van der Waals surface area contributed by atoms with Crippen molar-refractivity contribution in [1.29, 1.82) is 0 Å². The molecule has 0 radical (unpaired) electrons. The van der Waals surface area contributed by atoms with E-state index in [1.165, 1.54) is 6.42 Å². The molecule has 16 rings (SSSR count). The van der Waals surface area contributed by atoms with Crippen molar-refractivity contribution in [2.45, 2.75) is 33.1 Å². The molecule has 8 aromatic carbocycles. The molecule has 8 aromatic rings. The van der Waals surface area contributed by atoms with Crippen molar-refractivity contribution >= 4 is 131 Å². The van der Waals surface area contributed by atoms with Crippen molar-refractivity contribution in [3.63, 3.8) is 0 Å². The Kier molecular flexibility index (Phi) is 24.8. The molecular weight excluding hydrogens is 1540 g/mol. The number of piperidine rings is 1. The highest BCUT2D eigenvalue weighted by Crippen LogP contribution is 2.38. The van der Waals surface area contributed by atoms with Crippen molar-refractivity contribution < 1.29 is 38.4 Å². The molecule has 4 aliphatic carbocycles. The number of nitrogens with zero attached hydrogens (tertiary/aromatic N) is 7. The maximum Gasteiger partial charge on any atom is 0.212 e. The summed E-state index contributed by atoms with van der Waals surface area (Å²) in [6, 6.07) is 53.6. The number of benzene rings is 8. The summed E-state index contributed by atoms with van der Waals surface area (Å²) in [4.78, 5) is 121. The number of nitrogens with one attached hydrogen (secondary N) is 4. The first-order valence-electron chi connectivity index (χ1n) is 36.7. The van der Waals surface area contributed by atoms with Crippen molar-refractivity contribution in [2.24, 2.45) is 0 Å². The van der Waals surface area contributed by atoms with Crippen LogP contribution in [0.25, 0.3) is 0 Å². The Morgan fingerprint density at radius 1 is 0.309 bits per heavy atom. The van der Waals surface area contributed by atoms with Crippen molar-refractivity contribution in [3.8, 4) is 0 Å². The predicted molar refractivity (Wildman–Crippen MR) is 439 cm³/mol. The zero-order valence-electron chi connectivity index (χ0n) is 61.3. The molecule has 19 nitrogen and oxygen atoms in total. The van der Waals surface area contributed by atoms with Crippen LogP contribution in [0.1, 0.15) is 115 Å². The van der Waals surface area contributed by atoms with E-state index in [1.54, 1.807) is 127 Å². The summed E-state index contributed by atoms with van der Waals surface area (Å²) in [7, 11) is 4.11. The van der Waals surface area contributed by atoms with E-state index in [1.807, 2.05) is 83.3 Å². The zero-order chi connectivity index (χ0) is 77.4. The second kappa shape index (κ2) is 34.9. The number of likely N-dealkylation sites (N-methyl/N-ethyl adjacent to an activating group) is 3. The minimum Gasteiger partial charge on any atom is -0.367 e. The van der Waals surface area contributed by atoms with Gasteiger partial charge in [0, 0.05) is 163 Å². The van der Waals surface area contributed by atoms with E-state index in [0.29, 0.717) is 136 Å². The second-order valence-electron chi connectivity index (χ2n) is 27.9. The van der Waals surface area contributed by atoms with Crippen molar-refractivity contribution in [1.82, 2.24) is 34.3 Å². The van der Waals surface area contributed by atoms with E-state index in [4.69, 9.17) is 46.4 Å². The lowest BCUT2D eigenvalue weighted by Crippen LogP contribution is -2.48. The average Bonchev–Trinajstić information content (AvgIpc) is 0.774. The minimum absolute atomic E-state index is 0.0581. The van der Waals surface area contributed by atoms with E-state index < -0.39 is 0 Å². The largest absolute Gasteiger partial charge is 0.367 e. The van der Waals surface area contributed by atoms with E-state index in [-0.39, 0.29) is 57.7 Å². The Morgan fingerprint density at radius 3 is 0.918 bits per heavy atom. The fraction of sp³-hybridized carbons (Fsp3) is 0.256. The Balaban J connectivity index is 0.000000129. The number of halogens is 5. The number of carbonyl (C=O) groups is 8. The molecule has 4 heterocycles. The van der Waals surface area contributed by atoms with Crippen molar-refractivity contribution in [3.05, 3.63) is 302 Å². The minimum atomic E-state index is -0.199. The number of Topliss-reactive ketones (excluding diaryl/α,β-unsaturated/α-hetero) is 8. The van der Waals surface area contributed by atoms with Gasteiger partial charge < -0.3 is 55.6 Å². The van der Waals surface area contributed by atoms with E-state index in [2.05, 4.69) is 70.8 Å². The standard InChI is InChI=1S/C22H21Cl2N3O2.C22H22N2O2.C21H20BrN3O2.C21H19Cl2N3O2/c1-2-26-9-11-27(12-10-26)20-19(25-14-7-8-17(23)18(24)13-14)21(28)15-5-3-4-6-16(15)22(20)29;1-15-8-7-9-16(14-15)23-19-20(24-12-5-2-6-13-24)22(26)18-11-4-3-10-17(18)21(19)25;1-24-10-12-25(13-11-24)19-18(23-15-8-6-14(22)7-9-15)20(26)16-4-2-3-5-17(16)21(19)27;1-25-8-10-26(11-9-25)19-18(24-13-6-7-16(22)17(23)12-13)20(27)14-4-2-3-5-15(14)21(19)28/h3-8,13,25H,2,9-12H2,1H3;3-4,7-11,14,23H,2,5-6,12-13H2,1H3;2-9,23H,10-13H2,1H3;2-7,12,24H,8-11H2,1H3. The normalized spacial score (nSPS) is 17.6. The first-order chi connectivity index (χ1) is 53.1. The molecule has 0 bridgehead atoms. The van der Waals surface area contributed by atoms with Gasteiger partial charge in [0.15, 0.2) is 0 Å². The van der Waals surface area contributed by atoms with Gasteiger partial charge in [0.05, 0.1) is 20.1 Å². The van der Waals surface area contributed by atoms with Gasteiger partial charge in [0.25, 0.3) is 0 Å². The lowest BCUT2D eigenvalue weighted by molar-refractivity contribution is 0.0909.